The molecule has 0 unspecified atom stereocenters. The number of amides is 2. The molecule has 0 aliphatic carbocycles. The number of aliphatic carboxylic acids is 1. The highest BCUT2D eigenvalue weighted by molar-refractivity contribution is 14.1. The molecule has 25 heavy (non-hydrogen) atoms. The molecule has 134 valence electrons. The van der Waals surface area contributed by atoms with Crippen LogP contribution < -0.4 is 4.74 Å². The fourth-order valence-corrected chi connectivity index (χ4v) is 4.83. The fraction of sp³-hybridized carbons (Fsp3) is 0.312. The molecule has 1 aliphatic heterocycles. The summed E-state index contributed by atoms with van der Waals surface area (Å²) < 4.78 is 6.52. The lowest BCUT2D eigenvalue weighted by molar-refractivity contribution is -0.139. The topological polar surface area (TPSA) is 83.9 Å². The van der Waals surface area contributed by atoms with Gasteiger partial charge in [0.1, 0.15) is 5.75 Å². The van der Waals surface area contributed by atoms with Crippen LogP contribution in [0.5, 0.6) is 5.75 Å². The highest BCUT2D eigenvalue weighted by Crippen LogP contribution is 2.37. The molecule has 0 bridgehead atoms. The minimum atomic E-state index is -1.06. The maximum absolute atomic E-state index is 12.4. The second-order valence-electron chi connectivity index (χ2n) is 5.31. The standard InChI is InChI=1S/C16H15BrINO5S/c1-3-8(2)19-15(22)12(25-16(19)23)6-9-4-10(17)14(11(18)5-9)24-7-13(20)21/h4-6,8H,3,7H2,1-2H3,(H,20,21)/b12-6+/t8-/m1/s1. The maximum atomic E-state index is 12.4. The average Bonchev–Trinajstić information content (AvgIpc) is 2.79. The number of rotatable bonds is 6. The molecule has 2 amide bonds. The maximum Gasteiger partial charge on any atom is 0.341 e. The summed E-state index contributed by atoms with van der Waals surface area (Å²) in [5.74, 6) is -0.931. The van der Waals surface area contributed by atoms with E-state index in [1.807, 2.05) is 36.4 Å². The van der Waals surface area contributed by atoms with E-state index in [1.54, 1.807) is 18.2 Å². The number of nitrogens with zero attached hydrogens (tertiary/aromatic N) is 1. The number of carbonyl (C=O) groups is 3. The van der Waals surface area contributed by atoms with E-state index >= 15 is 0 Å². The third kappa shape index (κ3) is 4.76. The van der Waals surface area contributed by atoms with Gasteiger partial charge in [-0.25, -0.2) is 4.79 Å². The molecule has 1 atom stereocenters. The van der Waals surface area contributed by atoms with Gasteiger partial charge in [0.2, 0.25) is 0 Å². The zero-order valence-corrected chi connectivity index (χ0v) is 18.0. The summed E-state index contributed by atoms with van der Waals surface area (Å²) in [5.41, 5.74) is 0.716. The number of carbonyl (C=O) groups excluding carboxylic acids is 2. The smallest absolute Gasteiger partial charge is 0.341 e. The number of hydrogen-bond donors (Lipinski definition) is 1. The van der Waals surface area contributed by atoms with Gasteiger partial charge in [0, 0.05) is 6.04 Å². The van der Waals surface area contributed by atoms with Gasteiger partial charge in [0.05, 0.1) is 12.9 Å². The highest BCUT2D eigenvalue weighted by Gasteiger charge is 2.37. The molecule has 0 radical (unpaired) electrons. The van der Waals surface area contributed by atoms with E-state index in [4.69, 9.17) is 9.84 Å². The third-order valence-corrected chi connectivity index (χ3v) is 5.79. The van der Waals surface area contributed by atoms with E-state index in [0.717, 1.165) is 11.8 Å². The lowest BCUT2D eigenvalue weighted by atomic mass is 10.2. The summed E-state index contributed by atoms with van der Waals surface area (Å²) in [5, 5.41) is 8.45. The van der Waals surface area contributed by atoms with E-state index in [2.05, 4.69) is 15.9 Å². The summed E-state index contributed by atoms with van der Waals surface area (Å²) in [6, 6.07) is 3.34. The molecule has 6 nitrogen and oxygen atoms in total. The summed E-state index contributed by atoms with van der Waals surface area (Å²) >= 11 is 6.30. The summed E-state index contributed by atoms with van der Waals surface area (Å²) in [6.45, 7) is 3.32. The molecule has 1 saturated heterocycles. The highest BCUT2D eigenvalue weighted by atomic mass is 127. The van der Waals surface area contributed by atoms with Gasteiger partial charge >= 0.3 is 5.97 Å². The number of carboxylic acid groups (broad SMARTS) is 1. The van der Waals surface area contributed by atoms with Crippen LogP contribution in [0.3, 0.4) is 0 Å². The van der Waals surface area contributed by atoms with Gasteiger partial charge in [-0.05, 0) is 87.4 Å². The molecule has 1 fully saturated rings. The van der Waals surface area contributed by atoms with Crippen molar-refractivity contribution in [3.63, 3.8) is 0 Å². The van der Waals surface area contributed by atoms with Crippen molar-refractivity contribution < 1.29 is 24.2 Å². The van der Waals surface area contributed by atoms with Gasteiger partial charge in [-0.3, -0.25) is 14.5 Å². The Morgan fingerprint density at radius 1 is 1.48 bits per heavy atom. The van der Waals surface area contributed by atoms with Crippen LogP contribution in [0.15, 0.2) is 21.5 Å². The average molecular weight is 540 g/mol. The van der Waals surface area contributed by atoms with Crippen LogP contribution in [0.1, 0.15) is 25.8 Å². The number of ether oxygens (including phenoxy) is 1. The van der Waals surface area contributed by atoms with Crippen molar-refractivity contribution in [3.8, 4) is 5.75 Å². The van der Waals surface area contributed by atoms with Gasteiger partial charge in [-0.15, -0.1) is 0 Å². The molecule has 1 aromatic rings. The molecule has 1 N–H and O–H groups in total. The van der Waals surface area contributed by atoms with Crippen LogP contribution in [-0.4, -0.2) is 39.8 Å². The van der Waals surface area contributed by atoms with Crippen molar-refractivity contribution in [3.05, 3.63) is 30.6 Å². The van der Waals surface area contributed by atoms with Crippen molar-refractivity contribution in [2.75, 3.05) is 6.61 Å². The molecule has 1 aromatic carbocycles. The first-order valence-electron chi connectivity index (χ1n) is 7.35. The number of hydrogen-bond acceptors (Lipinski definition) is 5. The van der Waals surface area contributed by atoms with Crippen molar-refractivity contribution in [1.29, 1.82) is 0 Å². The molecular formula is C16H15BrINO5S. The van der Waals surface area contributed by atoms with Crippen molar-refractivity contribution in [2.45, 2.75) is 26.3 Å². The second-order valence-corrected chi connectivity index (χ2v) is 8.31. The van der Waals surface area contributed by atoms with E-state index in [0.29, 0.717) is 30.7 Å². The van der Waals surface area contributed by atoms with E-state index in [-0.39, 0.29) is 17.2 Å². The first-order chi connectivity index (χ1) is 11.7. The van der Waals surface area contributed by atoms with Crippen LogP contribution >= 0.6 is 50.3 Å². The van der Waals surface area contributed by atoms with Crippen molar-refractivity contribution in [2.24, 2.45) is 0 Å². The summed E-state index contributed by atoms with van der Waals surface area (Å²) in [7, 11) is 0. The third-order valence-electron chi connectivity index (χ3n) is 3.51. The Morgan fingerprint density at radius 3 is 2.72 bits per heavy atom. The number of imide groups is 1. The Hall–Kier alpha value is -1.07. The Kier molecular flexibility index (Phi) is 6.92. The normalized spacial score (nSPS) is 17.3. The number of benzene rings is 1. The van der Waals surface area contributed by atoms with Gasteiger partial charge in [-0.2, -0.15) is 0 Å². The Balaban J connectivity index is 2.28. The van der Waals surface area contributed by atoms with Gasteiger partial charge in [0.25, 0.3) is 11.1 Å². The SMILES string of the molecule is CC[C@@H](C)N1C(=O)S/C(=C/c2cc(Br)c(OCC(=O)O)c(I)c2)C1=O. The Morgan fingerprint density at radius 2 is 2.16 bits per heavy atom. The second kappa shape index (κ2) is 8.54. The first-order valence-corrected chi connectivity index (χ1v) is 10.0. The molecule has 2 rings (SSSR count). The molecule has 0 aromatic heterocycles. The predicted octanol–water partition coefficient (Wildman–Crippen LogP) is 4.35. The largest absolute Gasteiger partial charge is 0.480 e. The van der Waals surface area contributed by atoms with E-state index in [9.17, 15) is 14.4 Å². The molecule has 0 saturated carbocycles. The molecular weight excluding hydrogens is 525 g/mol. The monoisotopic (exact) mass is 539 g/mol. The summed E-state index contributed by atoms with van der Waals surface area (Å²) in [6.07, 6.45) is 2.35. The minimum Gasteiger partial charge on any atom is -0.480 e. The predicted molar refractivity (Wildman–Crippen MR) is 108 cm³/mol. The lowest BCUT2D eigenvalue weighted by Crippen LogP contribution is -2.36. The zero-order chi connectivity index (χ0) is 18.7. The van der Waals surface area contributed by atoms with Crippen molar-refractivity contribution in [1.82, 2.24) is 4.90 Å². The molecule has 1 aliphatic rings. The lowest BCUT2D eigenvalue weighted by Gasteiger charge is -2.19. The number of halogens is 2. The Labute approximate surface area is 171 Å². The Bertz CT molecular complexity index is 744. The van der Waals surface area contributed by atoms with E-state index in [1.165, 1.54) is 4.90 Å². The number of thioether (sulfide) groups is 1. The first kappa shape index (κ1) is 20.2. The minimum absolute atomic E-state index is 0.142. The van der Waals surface area contributed by atoms with Gasteiger partial charge < -0.3 is 9.84 Å². The quantitative estimate of drug-likeness (QED) is 0.427. The molecule has 0 spiro atoms. The van der Waals surface area contributed by atoms with E-state index < -0.39 is 12.6 Å². The molecule has 9 heteroatoms. The zero-order valence-electron chi connectivity index (χ0n) is 13.4. The fourth-order valence-electron chi connectivity index (χ4n) is 2.13. The summed E-state index contributed by atoms with van der Waals surface area (Å²) in [4.78, 5) is 36.8. The van der Waals surface area contributed by atoms with Crippen LogP contribution in [0, 0.1) is 3.57 Å². The van der Waals surface area contributed by atoms with Crippen LogP contribution in [0.2, 0.25) is 0 Å². The van der Waals surface area contributed by atoms with Crippen molar-refractivity contribution >= 4 is 73.5 Å². The van der Waals surface area contributed by atoms with Crippen LogP contribution in [0.25, 0.3) is 6.08 Å². The molecule has 1 heterocycles. The number of carboxylic acids is 1. The van der Waals surface area contributed by atoms with Crippen LogP contribution in [-0.2, 0) is 9.59 Å². The van der Waals surface area contributed by atoms with Gasteiger partial charge in [0.15, 0.2) is 6.61 Å². The van der Waals surface area contributed by atoms with Gasteiger partial charge in [-0.1, -0.05) is 6.92 Å². The van der Waals surface area contributed by atoms with Crippen LogP contribution in [0.4, 0.5) is 4.79 Å².